The average Bonchev–Trinajstić information content (AvgIpc) is 3.08. The molecule has 0 saturated heterocycles. The molecular formula is C26H23FN2O5. The summed E-state index contributed by atoms with van der Waals surface area (Å²) in [4.78, 5) is 28.0. The van der Waals surface area contributed by atoms with E-state index in [-0.39, 0.29) is 17.0 Å². The summed E-state index contributed by atoms with van der Waals surface area (Å²) in [6, 6.07) is 17.2. The summed E-state index contributed by atoms with van der Waals surface area (Å²) < 4.78 is 29.7. The number of hydrogen-bond acceptors (Lipinski definition) is 6. The SMILES string of the molecule is CCOc1cccc(NC2=C(c3ccc(OC)c(OC)c3)C(=O)N(c3ccc(F)cc3)C2=O)c1. The molecule has 0 aromatic heterocycles. The predicted octanol–water partition coefficient (Wildman–Crippen LogP) is 4.64. The molecule has 3 aromatic carbocycles. The maximum Gasteiger partial charge on any atom is 0.282 e. The third-order valence-electron chi connectivity index (χ3n) is 5.26. The van der Waals surface area contributed by atoms with Crippen molar-refractivity contribution < 1.29 is 28.2 Å². The minimum Gasteiger partial charge on any atom is -0.494 e. The topological polar surface area (TPSA) is 77.1 Å². The quantitative estimate of drug-likeness (QED) is 0.492. The second kappa shape index (κ2) is 9.66. The number of hydrogen-bond donors (Lipinski definition) is 1. The van der Waals surface area contributed by atoms with Crippen LogP contribution in [0.5, 0.6) is 17.2 Å². The molecule has 4 rings (SSSR count). The van der Waals surface area contributed by atoms with E-state index < -0.39 is 17.6 Å². The largest absolute Gasteiger partial charge is 0.494 e. The lowest BCUT2D eigenvalue weighted by molar-refractivity contribution is -0.120. The van der Waals surface area contributed by atoms with Crippen molar-refractivity contribution in [1.82, 2.24) is 0 Å². The molecule has 174 valence electrons. The monoisotopic (exact) mass is 462 g/mol. The third-order valence-corrected chi connectivity index (χ3v) is 5.26. The van der Waals surface area contributed by atoms with Crippen LogP contribution in [0.2, 0.25) is 0 Å². The fourth-order valence-corrected chi connectivity index (χ4v) is 3.70. The first-order chi connectivity index (χ1) is 16.5. The first-order valence-corrected chi connectivity index (χ1v) is 10.6. The minimum atomic E-state index is -0.566. The van der Waals surface area contributed by atoms with E-state index in [1.54, 1.807) is 42.5 Å². The molecule has 0 atom stereocenters. The van der Waals surface area contributed by atoms with Gasteiger partial charge in [-0.15, -0.1) is 0 Å². The van der Waals surface area contributed by atoms with Crippen LogP contribution in [-0.2, 0) is 9.59 Å². The molecule has 34 heavy (non-hydrogen) atoms. The molecule has 8 heteroatoms. The molecule has 2 amide bonds. The van der Waals surface area contributed by atoms with Gasteiger partial charge in [-0.05, 0) is 61.0 Å². The Bertz CT molecular complexity index is 1270. The van der Waals surface area contributed by atoms with Crippen molar-refractivity contribution in [1.29, 1.82) is 0 Å². The number of benzene rings is 3. The lowest BCUT2D eigenvalue weighted by Crippen LogP contribution is -2.32. The fraction of sp³-hybridized carbons (Fsp3) is 0.154. The van der Waals surface area contributed by atoms with E-state index in [0.29, 0.717) is 35.1 Å². The highest BCUT2D eigenvalue weighted by atomic mass is 19.1. The van der Waals surface area contributed by atoms with E-state index in [1.807, 2.05) is 6.92 Å². The Kier molecular flexibility index (Phi) is 6.49. The van der Waals surface area contributed by atoms with Gasteiger partial charge in [0.1, 0.15) is 17.3 Å². The van der Waals surface area contributed by atoms with Crippen molar-refractivity contribution in [2.45, 2.75) is 6.92 Å². The second-order valence-corrected chi connectivity index (χ2v) is 7.33. The summed E-state index contributed by atoms with van der Waals surface area (Å²) in [6.07, 6.45) is 0. The number of anilines is 2. The normalized spacial score (nSPS) is 13.4. The van der Waals surface area contributed by atoms with Gasteiger partial charge in [0, 0.05) is 11.8 Å². The predicted molar refractivity (Wildman–Crippen MR) is 127 cm³/mol. The minimum absolute atomic E-state index is 0.0789. The lowest BCUT2D eigenvalue weighted by Gasteiger charge is -2.15. The number of carbonyl (C=O) groups excluding carboxylic acids is 2. The molecule has 0 radical (unpaired) electrons. The van der Waals surface area contributed by atoms with Crippen LogP contribution in [0.3, 0.4) is 0 Å². The highest BCUT2D eigenvalue weighted by Crippen LogP contribution is 2.37. The molecule has 0 saturated carbocycles. The van der Waals surface area contributed by atoms with Gasteiger partial charge in [-0.25, -0.2) is 9.29 Å². The van der Waals surface area contributed by atoms with Crippen molar-refractivity contribution in [2.75, 3.05) is 31.0 Å². The Balaban J connectivity index is 1.83. The number of nitrogens with zero attached hydrogens (tertiary/aromatic N) is 1. The molecular weight excluding hydrogens is 439 g/mol. The van der Waals surface area contributed by atoms with Crippen LogP contribution in [0.4, 0.5) is 15.8 Å². The van der Waals surface area contributed by atoms with E-state index in [4.69, 9.17) is 14.2 Å². The molecule has 1 N–H and O–H groups in total. The van der Waals surface area contributed by atoms with Gasteiger partial charge in [-0.2, -0.15) is 0 Å². The Morgan fingerprint density at radius 2 is 1.62 bits per heavy atom. The van der Waals surface area contributed by atoms with E-state index >= 15 is 0 Å². The van der Waals surface area contributed by atoms with E-state index in [1.165, 1.54) is 38.5 Å². The second-order valence-electron chi connectivity index (χ2n) is 7.33. The van der Waals surface area contributed by atoms with Crippen LogP contribution >= 0.6 is 0 Å². The Morgan fingerprint density at radius 3 is 2.29 bits per heavy atom. The number of carbonyl (C=O) groups is 2. The van der Waals surface area contributed by atoms with Crippen molar-refractivity contribution in [3.63, 3.8) is 0 Å². The summed E-state index contributed by atoms with van der Waals surface area (Å²) in [5, 5.41) is 3.09. The molecule has 1 aliphatic heterocycles. The number of halogens is 1. The number of ether oxygens (including phenoxy) is 3. The van der Waals surface area contributed by atoms with Crippen LogP contribution in [0.15, 0.2) is 72.4 Å². The smallest absolute Gasteiger partial charge is 0.282 e. The maximum atomic E-state index is 13.5. The summed E-state index contributed by atoms with van der Waals surface area (Å²) in [7, 11) is 3.00. The van der Waals surface area contributed by atoms with Gasteiger partial charge < -0.3 is 19.5 Å². The molecule has 1 heterocycles. The molecule has 1 aliphatic rings. The summed E-state index contributed by atoms with van der Waals surface area (Å²) in [5.74, 6) is -0.0750. The van der Waals surface area contributed by atoms with E-state index in [2.05, 4.69) is 5.32 Å². The van der Waals surface area contributed by atoms with Crippen molar-refractivity contribution in [3.8, 4) is 17.2 Å². The van der Waals surface area contributed by atoms with Crippen molar-refractivity contribution in [3.05, 3.63) is 83.8 Å². The standard InChI is InChI=1S/C26H23FN2O5/c1-4-34-20-7-5-6-18(15-20)28-24-23(16-8-13-21(32-2)22(14-16)33-3)25(30)29(26(24)31)19-11-9-17(27)10-12-19/h5-15,28H,4H2,1-3H3. The average molecular weight is 462 g/mol. The van der Waals surface area contributed by atoms with Crippen molar-refractivity contribution in [2.24, 2.45) is 0 Å². The van der Waals surface area contributed by atoms with Crippen LogP contribution in [0.25, 0.3) is 5.57 Å². The number of nitrogens with one attached hydrogen (secondary N) is 1. The van der Waals surface area contributed by atoms with Gasteiger partial charge in [-0.1, -0.05) is 12.1 Å². The molecule has 0 fully saturated rings. The van der Waals surface area contributed by atoms with Crippen LogP contribution in [0, 0.1) is 5.82 Å². The van der Waals surface area contributed by atoms with Gasteiger partial charge in [0.25, 0.3) is 11.8 Å². The lowest BCUT2D eigenvalue weighted by atomic mass is 10.0. The summed E-state index contributed by atoms with van der Waals surface area (Å²) in [5.41, 5.74) is 1.52. The molecule has 7 nitrogen and oxygen atoms in total. The van der Waals surface area contributed by atoms with E-state index in [0.717, 1.165) is 4.90 Å². The van der Waals surface area contributed by atoms with Gasteiger partial charge in [-0.3, -0.25) is 9.59 Å². The number of rotatable bonds is 8. The highest BCUT2D eigenvalue weighted by Gasteiger charge is 2.40. The van der Waals surface area contributed by atoms with Gasteiger partial charge in [0.05, 0.1) is 32.1 Å². The van der Waals surface area contributed by atoms with Crippen LogP contribution < -0.4 is 24.4 Å². The third kappa shape index (κ3) is 4.30. The molecule has 0 bridgehead atoms. The Morgan fingerprint density at radius 1 is 0.882 bits per heavy atom. The molecule has 0 aliphatic carbocycles. The zero-order valence-corrected chi connectivity index (χ0v) is 18.9. The first-order valence-electron chi connectivity index (χ1n) is 10.6. The van der Waals surface area contributed by atoms with Crippen molar-refractivity contribution >= 4 is 28.8 Å². The molecule has 0 spiro atoms. The van der Waals surface area contributed by atoms with Gasteiger partial charge in [0.15, 0.2) is 11.5 Å². The molecule has 3 aromatic rings. The zero-order chi connectivity index (χ0) is 24.2. The maximum absolute atomic E-state index is 13.5. The van der Waals surface area contributed by atoms with Gasteiger partial charge in [0.2, 0.25) is 0 Å². The Labute approximate surface area is 196 Å². The van der Waals surface area contributed by atoms with Crippen LogP contribution in [-0.4, -0.2) is 32.6 Å². The first kappa shape index (κ1) is 22.8. The number of methoxy groups -OCH3 is 2. The number of amides is 2. The summed E-state index contributed by atoms with van der Waals surface area (Å²) in [6.45, 7) is 2.36. The number of imide groups is 1. The Hall–Kier alpha value is -4.33. The van der Waals surface area contributed by atoms with E-state index in [9.17, 15) is 14.0 Å². The van der Waals surface area contributed by atoms with Crippen LogP contribution in [0.1, 0.15) is 12.5 Å². The van der Waals surface area contributed by atoms with Gasteiger partial charge >= 0.3 is 0 Å². The highest BCUT2D eigenvalue weighted by molar-refractivity contribution is 6.46. The summed E-state index contributed by atoms with van der Waals surface area (Å²) >= 11 is 0. The zero-order valence-electron chi connectivity index (χ0n) is 18.9. The molecule has 0 unspecified atom stereocenters. The fourth-order valence-electron chi connectivity index (χ4n) is 3.70.